The van der Waals surface area contributed by atoms with Crippen molar-refractivity contribution in [1.29, 1.82) is 0 Å². The zero-order valence-corrected chi connectivity index (χ0v) is 10.7. The summed E-state index contributed by atoms with van der Waals surface area (Å²) in [7, 11) is 1.30. The molecule has 0 saturated carbocycles. The first kappa shape index (κ1) is 13.6. The van der Waals surface area contributed by atoms with Crippen LogP contribution in [0.15, 0.2) is 42.5 Å². The molecule has 2 rings (SSSR count). The van der Waals surface area contributed by atoms with Gasteiger partial charge in [0.05, 0.1) is 12.7 Å². The fraction of sp³-hybridized carbons (Fsp3) is 0.0667. The van der Waals surface area contributed by atoms with E-state index in [0.29, 0.717) is 11.1 Å². The fourth-order valence-electron chi connectivity index (χ4n) is 1.80. The molecule has 0 atom stereocenters. The summed E-state index contributed by atoms with van der Waals surface area (Å²) in [6.07, 6.45) is 0. The Morgan fingerprint density at radius 3 is 2.15 bits per heavy atom. The first-order valence-corrected chi connectivity index (χ1v) is 5.78. The normalized spacial score (nSPS) is 10.1. The van der Waals surface area contributed by atoms with Crippen LogP contribution in [0.1, 0.15) is 20.7 Å². The van der Waals surface area contributed by atoms with Crippen molar-refractivity contribution in [2.75, 3.05) is 7.11 Å². The summed E-state index contributed by atoms with van der Waals surface area (Å²) in [5, 5.41) is 18.4. The lowest BCUT2D eigenvalue weighted by molar-refractivity contribution is 0.0599. The Kier molecular flexibility index (Phi) is 3.70. The minimum Gasteiger partial charge on any atom is -0.507 e. The number of carboxylic acids is 1. The van der Waals surface area contributed by atoms with Crippen molar-refractivity contribution in [2.45, 2.75) is 0 Å². The number of carbonyl (C=O) groups excluding carboxylic acids is 1. The lowest BCUT2D eigenvalue weighted by Gasteiger charge is -2.06. The molecule has 5 heteroatoms. The highest BCUT2D eigenvalue weighted by molar-refractivity contribution is 5.93. The van der Waals surface area contributed by atoms with Crippen molar-refractivity contribution in [3.63, 3.8) is 0 Å². The van der Waals surface area contributed by atoms with Crippen molar-refractivity contribution in [3.8, 4) is 16.9 Å². The molecule has 0 spiro atoms. The average molecular weight is 272 g/mol. The van der Waals surface area contributed by atoms with E-state index in [1.54, 1.807) is 30.3 Å². The number of hydrogen-bond donors (Lipinski definition) is 2. The van der Waals surface area contributed by atoms with Crippen LogP contribution < -0.4 is 0 Å². The van der Waals surface area contributed by atoms with Crippen molar-refractivity contribution >= 4 is 11.9 Å². The zero-order chi connectivity index (χ0) is 14.7. The van der Waals surface area contributed by atoms with Crippen LogP contribution in [0.2, 0.25) is 0 Å². The van der Waals surface area contributed by atoms with Gasteiger partial charge in [-0.3, -0.25) is 0 Å². The minimum atomic E-state index is -1.20. The molecule has 5 nitrogen and oxygen atoms in total. The van der Waals surface area contributed by atoms with Gasteiger partial charge in [-0.1, -0.05) is 18.2 Å². The van der Waals surface area contributed by atoms with Crippen LogP contribution in [0.3, 0.4) is 0 Å². The Bertz CT molecular complexity index is 658. The van der Waals surface area contributed by atoms with E-state index in [9.17, 15) is 14.7 Å². The first-order valence-electron chi connectivity index (χ1n) is 5.78. The average Bonchev–Trinajstić information content (AvgIpc) is 2.47. The molecule has 0 saturated heterocycles. The van der Waals surface area contributed by atoms with E-state index in [0.717, 1.165) is 5.56 Å². The molecule has 20 heavy (non-hydrogen) atoms. The maximum atomic E-state index is 11.3. The van der Waals surface area contributed by atoms with Gasteiger partial charge in [-0.15, -0.1) is 0 Å². The number of phenols is 1. The molecule has 2 aromatic carbocycles. The van der Waals surface area contributed by atoms with E-state index in [4.69, 9.17) is 5.11 Å². The zero-order valence-electron chi connectivity index (χ0n) is 10.7. The lowest BCUT2D eigenvalue weighted by atomic mass is 10.0. The molecule has 0 bridgehead atoms. The van der Waals surface area contributed by atoms with E-state index in [1.807, 2.05) is 0 Å². The Balaban J connectivity index is 2.39. The van der Waals surface area contributed by atoms with Gasteiger partial charge >= 0.3 is 11.9 Å². The Morgan fingerprint density at radius 1 is 1.00 bits per heavy atom. The highest BCUT2D eigenvalue weighted by Crippen LogP contribution is 2.26. The Labute approximate surface area is 115 Å². The van der Waals surface area contributed by atoms with E-state index in [-0.39, 0.29) is 11.3 Å². The molecule has 0 fully saturated rings. The number of benzene rings is 2. The number of ether oxygens (including phenoxy) is 1. The number of hydrogen-bond acceptors (Lipinski definition) is 4. The molecule has 0 aromatic heterocycles. The monoisotopic (exact) mass is 272 g/mol. The predicted octanol–water partition coefficient (Wildman–Crippen LogP) is 2.54. The van der Waals surface area contributed by atoms with Crippen LogP contribution in [0.5, 0.6) is 5.75 Å². The van der Waals surface area contributed by atoms with E-state index in [2.05, 4.69) is 4.74 Å². The third kappa shape index (κ3) is 2.61. The lowest BCUT2D eigenvalue weighted by Crippen LogP contribution is -2.00. The van der Waals surface area contributed by atoms with E-state index >= 15 is 0 Å². The van der Waals surface area contributed by atoms with Crippen molar-refractivity contribution in [2.24, 2.45) is 0 Å². The van der Waals surface area contributed by atoms with Crippen molar-refractivity contribution in [1.82, 2.24) is 0 Å². The van der Waals surface area contributed by atoms with E-state index in [1.165, 1.54) is 19.2 Å². The number of rotatable bonds is 3. The summed E-state index contributed by atoms with van der Waals surface area (Å²) < 4.78 is 4.60. The van der Waals surface area contributed by atoms with Crippen LogP contribution in [0, 0.1) is 0 Å². The molecular formula is C15H12O5. The molecule has 0 aliphatic heterocycles. The van der Waals surface area contributed by atoms with Gasteiger partial charge in [0.2, 0.25) is 0 Å². The third-order valence-electron chi connectivity index (χ3n) is 2.87. The third-order valence-corrected chi connectivity index (χ3v) is 2.87. The summed E-state index contributed by atoms with van der Waals surface area (Å²) in [5.41, 5.74) is 1.62. The maximum Gasteiger partial charge on any atom is 0.339 e. The maximum absolute atomic E-state index is 11.3. The van der Waals surface area contributed by atoms with Crippen LogP contribution in [0.4, 0.5) is 0 Å². The Hall–Kier alpha value is -2.82. The van der Waals surface area contributed by atoms with Crippen LogP contribution in [-0.2, 0) is 4.74 Å². The van der Waals surface area contributed by atoms with Gasteiger partial charge in [0, 0.05) is 0 Å². The van der Waals surface area contributed by atoms with Gasteiger partial charge in [0.15, 0.2) is 0 Å². The molecule has 102 valence electrons. The van der Waals surface area contributed by atoms with Gasteiger partial charge in [-0.05, 0) is 35.4 Å². The standard InChI is InChI=1S/C15H12O5/c1-20-15(19)10-4-2-9(3-5-10)11-6-7-13(16)12(8-11)14(17)18/h2-8,16H,1H3,(H,17,18). The Morgan fingerprint density at radius 2 is 1.60 bits per heavy atom. The van der Waals surface area contributed by atoms with Crippen molar-refractivity contribution in [3.05, 3.63) is 53.6 Å². The van der Waals surface area contributed by atoms with Gasteiger partial charge in [0.25, 0.3) is 0 Å². The van der Waals surface area contributed by atoms with Gasteiger partial charge < -0.3 is 14.9 Å². The van der Waals surface area contributed by atoms with Gasteiger partial charge in [0.1, 0.15) is 11.3 Å². The van der Waals surface area contributed by atoms with Gasteiger partial charge in [-0.2, -0.15) is 0 Å². The number of aromatic carboxylic acids is 1. The molecular weight excluding hydrogens is 260 g/mol. The summed E-state index contributed by atoms with van der Waals surface area (Å²) in [4.78, 5) is 22.3. The minimum absolute atomic E-state index is 0.167. The van der Waals surface area contributed by atoms with Crippen LogP contribution in [-0.4, -0.2) is 29.3 Å². The second kappa shape index (κ2) is 5.44. The summed E-state index contributed by atoms with van der Waals surface area (Å²) in [5.74, 6) is -1.92. The largest absolute Gasteiger partial charge is 0.507 e. The number of esters is 1. The smallest absolute Gasteiger partial charge is 0.339 e. The molecule has 2 N–H and O–H groups in total. The molecule has 0 aliphatic carbocycles. The second-order valence-electron chi connectivity index (χ2n) is 4.11. The highest BCUT2D eigenvalue weighted by atomic mass is 16.5. The number of carboxylic acid groups (broad SMARTS) is 1. The first-order chi connectivity index (χ1) is 9.52. The number of aromatic hydroxyl groups is 1. The topological polar surface area (TPSA) is 83.8 Å². The quantitative estimate of drug-likeness (QED) is 0.839. The fourth-order valence-corrected chi connectivity index (χ4v) is 1.80. The molecule has 0 unspecified atom stereocenters. The molecule has 0 heterocycles. The number of carbonyl (C=O) groups is 2. The van der Waals surface area contributed by atoms with Gasteiger partial charge in [-0.25, -0.2) is 9.59 Å². The molecule has 2 aromatic rings. The summed E-state index contributed by atoms with van der Waals surface area (Å²) in [6, 6.07) is 10.9. The van der Waals surface area contributed by atoms with E-state index < -0.39 is 11.9 Å². The van der Waals surface area contributed by atoms with Crippen molar-refractivity contribution < 1.29 is 24.5 Å². The SMILES string of the molecule is COC(=O)c1ccc(-c2ccc(O)c(C(=O)O)c2)cc1. The second-order valence-corrected chi connectivity index (χ2v) is 4.11. The molecule has 0 amide bonds. The van der Waals surface area contributed by atoms with Crippen LogP contribution >= 0.6 is 0 Å². The predicted molar refractivity (Wildman–Crippen MR) is 71.8 cm³/mol. The summed E-state index contributed by atoms with van der Waals surface area (Å²) >= 11 is 0. The number of methoxy groups -OCH3 is 1. The molecule has 0 aliphatic rings. The molecule has 0 radical (unpaired) electrons. The highest BCUT2D eigenvalue weighted by Gasteiger charge is 2.11. The van der Waals surface area contributed by atoms with Crippen LogP contribution in [0.25, 0.3) is 11.1 Å². The summed E-state index contributed by atoms with van der Waals surface area (Å²) in [6.45, 7) is 0.